The second kappa shape index (κ2) is 6.34. The molecule has 0 unspecified atom stereocenters. The number of carbonyl (C=O) groups is 1. The molecule has 2 aromatic carbocycles. The van der Waals surface area contributed by atoms with Gasteiger partial charge in [0.1, 0.15) is 5.82 Å². The van der Waals surface area contributed by atoms with Gasteiger partial charge in [-0.25, -0.2) is 4.39 Å². The summed E-state index contributed by atoms with van der Waals surface area (Å²) in [7, 11) is 0. The van der Waals surface area contributed by atoms with E-state index in [1.165, 1.54) is 12.1 Å². The lowest BCUT2D eigenvalue weighted by Gasteiger charge is -2.06. The van der Waals surface area contributed by atoms with Crippen molar-refractivity contribution in [2.75, 3.05) is 0 Å². The van der Waals surface area contributed by atoms with Crippen LogP contribution in [0.4, 0.5) is 4.39 Å². The third-order valence-electron chi connectivity index (χ3n) is 2.63. The Morgan fingerprint density at radius 3 is 2.58 bits per heavy atom. The van der Waals surface area contributed by atoms with E-state index >= 15 is 0 Å². The van der Waals surface area contributed by atoms with Gasteiger partial charge in [0.25, 0.3) is 0 Å². The minimum absolute atomic E-state index is 0.148. The van der Waals surface area contributed by atoms with E-state index in [1.807, 2.05) is 12.1 Å². The maximum atomic E-state index is 13.0. The van der Waals surface area contributed by atoms with Crippen molar-refractivity contribution in [3.63, 3.8) is 0 Å². The molecule has 0 aliphatic heterocycles. The average Bonchev–Trinajstić information content (AvgIpc) is 2.36. The van der Waals surface area contributed by atoms with E-state index in [4.69, 9.17) is 11.6 Å². The third kappa shape index (κ3) is 4.38. The molecule has 2 nitrogen and oxygen atoms in total. The number of hydrogen-bond acceptors (Lipinski definition) is 1. The number of rotatable bonds is 4. The zero-order valence-electron chi connectivity index (χ0n) is 10.2. The Labute approximate surface area is 116 Å². The fourth-order valence-corrected chi connectivity index (χ4v) is 1.96. The molecule has 2 aromatic rings. The van der Waals surface area contributed by atoms with Crippen molar-refractivity contribution in [1.29, 1.82) is 0 Å². The highest BCUT2D eigenvalue weighted by molar-refractivity contribution is 6.30. The molecule has 0 aromatic heterocycles. The first-order valence-corrected chi connectivity index (χ1v) is 6.27. The summed E-state index contributed by atoms with van der Waals surface area (Å²) in [4.78, 5) is 11.7. The van der Waals surface area contributed by atoms with E-state index in [-0.39, 0.29) is 18.1 Å². The molecule has 4 heteroatoms. The molecule has 0 heterocycles. The summed E-state index contributed by atoms with van der Waals surface area (Å²) in [5.41, 5.74) is 1.59. The van der Waals surface area contributed by atoms with Gasteiger partial charge in [0.2, 0.25) is 5.91 Å². The van der Waals surface area contributed by atoms with Gasteiger partial charge in [0, 0.05) is 11.6 Å². The fraction of sp³-hybridized carbons (Fsp3) is 0.133. The Hall–Kier alpha value is -1.87. The van der Waals surface area contributed by atoms with E-state index in [2.05, 4.69) is 5.32 Å². The van der Waals surface area contributed by atoms with Crippen LogP contribution in [-0.2, 0) is 17.8 Å². The zero-order valence-corrected chi connectivity index (χ0v) is 11.0. The Bertz CT molecular complexity index is 586. The van der Waals surface area contributed by atoms with E-state index in [1.54, 1.807) is 24.3 Å². The maximum absolute atomic E-state index is 13.0. The van der Waals surface area contributed by atoms with Crippen LogP contribution < -0.4 is 5.32 Å². The molecule has 0 aliphatic carbocycles. The fourth-order valence-electron chi connectivity index (χ4n) is 1.74. The van der Waals surface area contributed by atoms with Crippen molar-refractivity contribution in [2.24, 2.45) is 0 Å². The van der Waals surface area contributed by atoms with Crippen LogP contribution in [0.2, 0.25) is 5.02 Å². The number of benzene rings is 2. The molecule has 98 valence electrons. The molecule has 0 bridgehead atoms. The quantitative estimate of drug-likeness (QED) is 0.912. The number of hydrogen-bond donors (Lipinski definition) is 1. The van der Waals surface area contributed by atoms with Gasteiger partial charge in [-0.05, 0) is 35.4 Å². The molecule has 0 spiro atoms. The standard InChI is InChI=1S/C15H13ClFNO/c16-13-5-1-4-12(7-13)10-18-15(19)9-11-3-2-6-14(17)8-11/h1-8H,9-10H2,(H,18,19). The molecular weight excluding hydrogens is 265 g/mol. The first-order chi connectivity index (χ1) is 9.13. The number of carbonyl (C=O) groups excluding carboxylic acids is 1. The third-order valence-corrected chi connectivity index (χ3v) is 2.87. The van der Waals surface area contributed by atoms with Crippen LogP contribution in [-0.4, -0.2) is 5.91 Å². The zero-order chi connectivity index (χ0) is 13.7. The number of amides is 1. The summed E-state index contributed by atoms with van der Waals surface area (Å²) in [5, 5.41) is 3.41. The number of nitrogens with one attached hydrogen (secondary N) is 1. The van der Waals surface area contributed by atoms with Gasteiger partial charge < -0.3 is 5.32 Å². The van der Waals surface area contributed by atoms with Gasteiger partial charge in [-0.1, -0.05) is 35.9 Å². The smallest absolute Gasteiger partial charge is 0.224 e. The van der Waals surface area contributed by atoms with Crippen molar-refractivity contribution >= 4 is 17.5 Å². The molecule has 0 saturated heterocycles. The SMILES string of the molecule is O=C(Cc1cccc(F)c1)NCc1cccc(Cl)c1. The summed E-state index contributed by atoms with van der Waals surface area (Å²) in [6.07, 6.45) is 0.165. The first kappa shape index (κ1) is 13.6. The Morgan fingerprint density at radius 2 is 1.84 bits per heavy atom. The highest BCUT2D eigenvalue weighted by atomic mass is 35.5. The largest absolute Gasteiger partial charge is 0.352 e. The molecule has 1 amide bonds. The summed E-state index contributed by atoms with van der Waals surface area (Å²) < 4.78 is 13.0. The lowest BCUT2D eigenvalue weighted by Crippen LogP contribution is -2.24. The van der Waals surface area contributed by atoms with E-state index < -0.39 is 0 Å². The molecule has 0 radical (unpaired) electrons. The van der Waals surface area contributed by atoms with Gasteiger partial charge in [-0.3, -0.25) is 4.79 Å². The molecular formula is C15H13ClFNO. The van der Waals surface area contributed by atoms with Gasteiger partial charge in [-0.2, -0.15) is 0 Å². The van der Waals surface area contributed by atoms with E-state index in [0.717, 1.165) is 5.56 Å². The van der Waals surface area contributed by atoms with Crippen LogP contribution >= 0.6 is 11.6 Å². The normalized spacial score (nSPS) is 10.2. The topological polar surface area (TPSA) is 29.1 Å². The Kier molecular flexibility index (Phi) is 4.53. The van der Waals surface area contributed by atoms with Crippen LogP contribution in [0.5, 0.6) is 0 Å². The monoisotopic (exact) mass is 277 g/mol. The first-order valence-electron chi connectivity index (χ1n) is 5.89. The van der Waals surface area contributed by atoms with Gasteiger partial charge in [0.05, 0.1) is 6.42 Å². The minimum atomic E-state index is -0.333. The van der Waals surface area contributed by atoms with Crippen LogP contribution in [0.15, 0.2) is 48.5 Å². The predicted octanol–water partition coefficient (Wildman–Crippen LogP) is 3.34. The van der Waals surface area contributed by atoms with Crippen LogP contribution in [0, 0.1) is 5.82 Å². The second-order valence-electron chi connectivity index (χ2n) is 4.21. The van der Waals surface area contributed by atoms with Crippen molar-refractivity contribution in [3.05, 3.63) is 70.5 Å². The summed E-state index contributed by atoms with van der Waals surface area (Å²) in [6.45, 7) is 0.411. The lowest BCUT2D eigenvalue weighted by atomic mass is 10.1. The highest BCUT2D eigenvalue weighted by Gasteiger charge is 2.04. The van der Waals surface area contributed by atoms with Crippen LogP contribution in [0.25, 0.3) is 0 Å². The van der Waals surface area contributed by atoms with Crippen LogP contribution in [0.1, 0.15) is 11.1 Å². The van der Waals surface area contributed by atoms with Crippen LogP contribution in [0.3, 0.4) is 0 Å². The average molecular weight is 278 g/mol. The van der Waals surface area contributed by atoms with Crippen molar-refractivity contribution in [2.45, 2.75) is 13.0 Å². The second-order valence-corrected chi connectivity index (χ2v) is 4.65. The molecule has 0 atom stereocenters. The van der Waals surface area contributed by atoms with E-state index in [9.17, 15) is 9.18 Å². The summed E-state index contributed by atoms with van der Waals surface area (Å²) >= 11 is 5.85. The Balaban J connectivity index is 1.88. The minimum Gasteiger partial charge on any atom is -0.352 e. The maximum Gasteiger partial charge on any atom is 0.224 e. The summed E-state index contributed by atoms with van der Waals surface area (Å²) in [5.74, 6) is -0.481. The lowest BCUT2D eigenvalue weighted by molar-refractivity contribution is -0.120. The van der Waals surface area contributed by atoms with Crippen molar-refractivity contribution < 1.29 is 9.18 Å². The molecule has 0 aliphatic rings. The highest BCUT2D eigenvalue weighted by Crippen LogP contribution is 2.10. The van der Waals surface area contributed by atoms with Crippen molar-refractivity contribution in [3.8, 4) is 0 Å². The Morgan fingerprint density at radius 1 is 1.11 bits per heavy atom. The predicted molar refractivity (Wildman–Crippen MR) is 73.4 cm³/mol. The number of halogens is 2. The van der Waals surface area contributed by atoms with Gasteiger partial charge >= 0.3 is 0 Å². The van der Waals surface area contributed by atoms with Gasteiger partial charge in [0.15, 0.2) is 0 Å². The molecule has 2 rings (SSSR count). The summed E-state index contributed by atoms with van der Waals surface area (Å²) in [6, 6.07) is 13.3. The van der Waals surface area contributed by atoms with Gasteiger partial charge in [-0.15, -0.1) is 0 Å². The molecule has 0 fully saturated rings. The molecule has 0 saturated carbocycles. The molecule has 19 heavy (non-hydrogen) atoms. The molecule has 1 N–H and O–H groups in total. The van der Waals surface area contributed by atoms with Crippen molar-refractivity contribution in [1.82, 2.24) is 5.32 Å². The van der Waals surface area contributed by atoms with E-state index in [0.29, 0.717) is 17.1 Å².